The van der Waals surface area contributed by atoms with Crippen LogP contribution in [0.4, 0.5) is 0 Å². The highest BCUT2D eigenvalue weighted by Crippen LogP contribution is 1.97. The van der Waals surface area contributed by atoms with Crippen LogP contribution < -0.4 is 16.8 Å². The van der Waals surface area contributed by atoms with Crippen LogP contribution >= 0.6 is 0 Å². The Morgan fingerprint density at radius 1 is 1.18 bits per heavy atom. The van der Waals surface area contributed by atoms with Crippen molar-refractivity contribution in [2.75, 3.05) is 0 Å². The van der Waals surface area contributed by atoms with Crippen LogP contribution in [-0.4, -0.2) is 19.1 Å². The van der Waals surface area contributed by atoms with Gasteiger partial charge in [-0.25, -0.2) is 9.78 Å². The van der Waals surface area contributed by atoms with E-state index in [1.165, 1.54) is 4.57 Å². The summed E-state index contributed by atoms with van der Waals surface area (Å²) in [5, 5.41) is 0. The first-order valence-corrected chi connectivity index (χ1v) is 5.32. The Balaban J connectivity index is 3.12. The smallest absolute Gasteiger partial charge is 0.305 e. The zero-order valence-electron chi connectivity index (χ0n) is 9.56. The molecule has 0 atom stereocenters. The molecule has 0 amide bonds. The molecule has 0 bridgehead atoms. The van der Waals surface area contributed by atoms with Gasteiger partial charge in [-0.1, -0.05) is 0 Å². The number of fused-ring (bicyclic) bond motifs is 1. The number of hydrogen-bond donors (Lipinski definition) is 1. The highest BCUT2D eigenvalue weighted by molar-refractivity contribution is 5.67. The van der Waals surface area contributed by atoms with Gasteiger partial charge in [-0.2, -0.15) is 0 Å². The van der Waals surface area contributed by atoms with Crippen LogP contribution in [0, 0.1) is 0 Å². The Kier molecular flexibility index (Phi) is 2.66. The minimum absolute atomic E-state index is 0.105. The Morgan fingerprint density at radius 2 is 1.82 bits per heavy atom. The van der Waals surface area contributed by atoms with E-state index in [-0.39, 0.29) is 17.7 Å². The van der Waals surface area contributed by atoms with Crippen LogP contribution in [0.15, 0.2) is 20.6 Å². The largest absolute Gasteiger partial charge is 0.332 e. The van der Waals surface area contributed by atoms with Crippen molar-refractivity contribution in [2.45, 2.75) is 26.9 Å². The van der Waals surface area contributed by atoms with Gasteiger partial charge >= 0.3 is 5.69 Å². The van der Waals surface area contributed by atoms with Gasteiger partial charge in [0.05, 0.1) is 6.20 Å². The summed E-state index contributed by atoms with van der Waals surface area (Å²) in [6, 6.07) is 0. The summed E-state index contributed by atoms with van der Waals surface area (Å²) in [5.41, 5.74) is -1.06. The molecule has 7 nitrogen and oxygen atoms in total. The van der Waals surface area contributed by atoms with Crippen molar-refractivity contribution < 1.29 is 0 Å². The topological polar surface area (TPSA) is 89.8 Å². The maximum atomic E-state index is 12.0. The van der Waals surface area contributed by atoms with E-state index in [1.807, 2.05) is 0 Å². The first kappa shape index (κ1) is 11.3. The van der Waals surface area contributed by atoms with Gasteiger partial charge in [-0.15, -0.1) is 0 Å². The summed E-state index contributed by atoms with van der Waals surface area (Å²) >= 11 is 0. The molecule has 0 fully saturated rings. The maximum absolute atomic E-state index is 12.0. The number of nitrogens with one attached hydrogen (secondary N) is 1. The number of nitrogens with zero attached hydrogens (tertiary/aromatic N) is 3. The SMILES string of the molecule is CCn1c(=O)c2ncc(=O)[nH]c2n(CC)c1=O. The van der Waals surface area contributed by atoms with Gasteiger partial charge in [0.15, 0.2) is 5.52 Å². The van der Waals surface area contributed by atoms with Gasteiger partial charge in [0, 0.05) is 13.1 Å². The van der Waals surface area contributed by atoms with Gasteiger partial charge in [0.25, 0.3) is 11.1 Å². The van der Waals surface area contributed by atoms with Crippen LogP contribution in [0.25, 0.3) is 11.2 Å². The van der Waals surface area contributed by atoms with Crippen LogP contribution in [-0.2, 0) is 13.1 Å². The second-order valence-corrected chi connectivity index (χ2v) is 3.52. The lowest BCUT2D eigenvalue weighted by molar-refractivity contribution is 0.602. The van der Waals surface area contributed by atoms with E-state index in [1.54, 1.807) is 13.8 Å². The fourth-order valence-corrected chi connectivity index (χ4v) is 1.77. The Morgan fingerprint density at radius 3 is 2.41 bits per heavy atom. The van der Waals surface area contributed by atoms with E-state index >= 15 is 0 Å². The predicted molar refractivity (Wildman–Crippen MR) is 62.2 cm³/mol. The van der Waals surface area contributed by atoms with Crippen LogP contribution in [0.3, 0.4) is 0 Å². The number of H-pyrrole nitrogens is 1. The van der Waals surface area contributed by atoms with E-state index in [2.05, 4.69) is 9.97 Å². The molecular formula is C10H12N4O3. The minimum atomic E-state index is -0.478. The molecule has 17 heavy (non-hydrogen) atoms. The van der Waals surface area contributed by atoms with Crippen molar-refractivity contribution in [1.29, 1.82) is 0 Å². The lowest BCUT2D eigenvalue weighted by atomic mass is 10.4. The Labute approximate surface area is 95.4 Å². The summed E-state index contributed by atoms with van der Waals surface area (Å²) in [5.74, 6) is 0. The normalized spacial score (nSPS) is 10.9. The second kappa shape index (κ2) is 4.00. The molecule has 0 aliphatic heterocycles. The van der Waals surface area contributed by atoms with Gasteiger partial charge in [-0.3, -0.25) is 18.7 Å². The average molecular weight is 236 g/mol. The molecule has 2 rings (SSSR count). The zero-order valence-corrected chi connectivity index (χ0v) is 9.56. The first-order valence-electron chi connectivity index (χ1n) is 5.32. The molecule has 0 radical (unpaired) electrons. The first-order chi connectivity index (χ1) is 8.10. The van der Waals surface area contributed by atoms with Crippen LogP contribution in [0.2, 0.25) is 0 Å². The number of hydrogen-bond acceptors (Lipinski definition) is 4. The fourth-order valence-electron chi connectivity index (χ4n) is 1.77. The molecule has 0 aliphatic carbocycles. The third-order valence-corrected chi connectivity index (χ3v) is 2.59. The lowest BCUT2D eigenvalue weighted by Gasteiger charge is -2.09. The van der Waals surface area contributed by atoms with Crippen molar-refractivity contribution >= 4 is 11.2 Å². The predicted octanol–water partition coefficient (Wildman–Crippen LogP) is -0.714. The third kappa shape index (κ3) is 1.59. The average Bonchev–Trinajstić information content (AvgIpc) is 2.30. The van der Waals surface area contributed by atoms with Gasteiger partial charge in [0.1, 0.15) is 5.65 Å². The molecular weight excluding hydrogens is 224 g/mol. The van der Waals surface area contributed by atoms with Crippen LogP contribution in [0.5, 0.6) is 0 Å². The van der Waals surface area contributed by atoms with Crippen molar-refractivity contribution in [2.24, 2.45) is 0 Å². The summed E-state index contributed by atoms with van der Waals surface area (Å²) in [6.07, 6.45) is 1.04. The third-order valence-electron chi connectivity index (χ3n) is 2.59. The summed E-state index contributed by atoms with van der Waals surface area (Å²) in [4.78, 5) is 41.3. The monoisotopic (exact) mass is 236 g/mol. The lowest BCUT2D eigenvalue weighted by Crippen LogP contribution is -2.40. The minimum Gasteiger partial charge on any atom is -0.305 e. The molecule has 0 saturated heterocycles. The Bertz CT molecular complexity index is 738. The molecule has 90 valence electrons. The Hall–Kier alpha value is -2.18. The fraction of sp³-hybridized carbons (Fsp3) is 0.400. The molecule has 0 saturated carbocycles. The molecule has 2 heterocycles. The second-order valence-electron chi connectivity index (χ2n) is 3.52. The standard InChI is InChI=1S/C10H12N4O3/c1-3-13-8-7(11-5-6(15)12-8)9(16)14(4-2)10(13)17/h5H,3-4H2,1-2H3,(H,12,15). The van der Waals surface area contributed by atoms with Gasteiger partial charge in [0.2, 0.25) is 0 Å². The molecule has 0 aliphatic rings. The van der Waals surface area contributed by atoms with E-state index in [4.69, 9.17) is 0 Å². The molecule has 2 aromatic rings. The molecule has 0 aromatic carbocycles. The summed E-state index contributed by atoms with van der Waals surface area (Å²) in [6.45, 7) is 4.10. The van der Waals surface area contributed by atoms with Crippen LogP contribution in [0.1, 0.15) is 13.8 Å². The van der Waals surface area contributed by atoms with Gasteiger partial charge in [-0.05, 0) is 13.8 Å². The molecule has 0 unspecified atom stereocenters. The van der Waals surface area contributed by atoms with Crippen molar-refractivity contribution in [1.82, 2.24) is 19.1 Å². The zero-order chi connectivity index (χ0) is 12.6. The summed E-state index contributed by atoms with van der Waals surface area (Å²) < 4.78 is 2.42. The van der Waals surface area contributed by atoms with Crippen molar-refractivity contribution in [3.8, 4) is 0 Å². The number of aryl methyl sites for hydroxylation is 1. The molecule has 2 aromatic heterocycles. The highest BCUT2D eigenvalue weighted by atomic mass is 16.2. The molecule has 0 spiro atoms. The molecule has 7 heteroatoms. The number of rotatable bonds is 2. The quantitative estimate of drug-likeness (QED) is 0.745. The number of aromatic nitrogens is 4. The van der Waals surface area contributed by atoms with Crippen molar-refractivity contribution in [3.63, 3.8) is 0 Å². The highest BCUT2D eigenvalue weighted by Gasteiger charge is 2.12. The van der Waals surface area contributed by atoms with Crippen molar-refractivity contribution in [3.05, 3.63) is 37.4 Å². The summed E-state index contributed by atoms with van der Waals surface area (Å²) in [7, 11) is 0. The van der Waals surface area contributed by atoms with E-state index in [0.717, 1.165) is 10.8 Å². The maximum Gasteiger partial charge on any atom is 0.332 e. The van der Waals surface area contributed by atoms with E-state index in [0.29, 0.717) is 6.54 Å². The molecule has 1 N–H and O–H groups in total. The van der Waals surface area contributed by atoms with E-state index < -0.39 is 16.8 Å². The number of aromatic amines is 1. The van der Waals surface area contributed by atoms with E-state index in [9.17, 15) is 14.4 Å². The van der Waals surface area contributed by atoms with Gasteiger partial charge < -0.3 is 4.98 Å².